The molecule has 0 saturated carbocycles. The summed E-state index contributed by atoms with van der Waals surface area (Å²) in [6.07, 6.45) is 1.54. The van der Waals surface area contributed by atoms with E-state index in [-0.39, 0.29) is 5.69 Å². The Balaban J connectivity index is 2.35. The third-order valence-electron chi connectivity index (χ3n) is 2.36. The summed E-state index contributed by atoms with van der Waals surface area (Å²) in [6, 6.07) is 4.38. The van der Waals surface area contributed by atoms with Crippen molar-refractivity contribution in [3.63, 3.8) is 0 Å². The lowest BCUT2D eigenvalue weighted by Gasteiger charge is -2.07. The zero-order valence-electron chi connectivity index (χ0n) is 9.61. The molecule has 0 radical (unpaired) electrons. The van der Waals surface area contributed by atoms with Crippen molar-refractivity contribution in [1.29, 1.82) is 0 Å². The van der Waals surface area contributed by atoms with Gasteiger partial charge in [-0.05, 0) is 6.07 Å². The molecule has 0 spiro atoms. The van der Waals surface area contributed by atoms with Gasteiger partial charge in [-0.3, -0.25) is 10.1 Å². The molecule has 0 unspecified atom stereocenters. The van der Waals surface area contributed by atoms with Gasteiger partial charge in [-0.25, -0.2) is 4.68 Å². The highest BCUT2D eigenvalue weighted by Gasteiger charge is 2.12. The molecule has 1 heterocycles. The van der Waals surface area contributed by atoms with Gasteiger partial charge < -0.3 is 10.5 Å². The van der Waals surface area contributed by atoms with Gasteiger partial charge in [0, 0.05) is 17.7 Å². The molecule has 0 saturated heterocycles. The van der Waals surface area contributed by atoms with Gasteiger partial charge in [-0.15, -0.1) is 5.10 Å². The van der Waals surface area contributed by atoms with E-state index >= 15 is 0 Å². The molecular formula is C10H11N5O3. The summed E-state index contributed by atoms with van der Waals surface area (Å²) in [6.45, 7) is 0.301. The molecule has 0 aliphatic carbocycles. The van der Waals surface area contributed by atoms with E-state index in [4.69, 9.17) is 10.5 Å². The number of rotatable bonds is 4. The maximum absolute atomic E-state index is 10.7. The molecule has 2 rings (SSSR count). The second-order valence-corrected chi connectivity index (χ2v) is 3.59. The monoisotopic (exact) mass is 249 g/mol. The van der Waals surface area contributed by atoms with Gasteiger partial charge in [0.25, 0.3) is 5.69 Å². The van der Waals surface area contributed by atoms with E-state index in [9.17, 15) is 10.1 Å². The minimum Gasteiger partial charge on any atom is -0.496 e. The Hall–Kier alpha value is -2.64. The number of nitrogens with two attached hydrogens (primary N) is 1. The van der Waals surface area contributed by atoms with Crippen molar-refractivity contribution >= 4 is 11.5 Å². The Morgan fingerprint density at radius 1 is 1.56 bits per heavy atom. The highest BCUT2D eigenvalue weighted by atomic mass is 16.6. The number of aromatic nitrogens is 3. The van der Waals surface area contributed by atoms with Crippen molar-refractivity contribution in [3.05, 3.63) is 40.1 Å². The first-order valence-electron chi connectivity index (χ1n) is 5.07. The maximum Gasteiger partial charge on any atom is 0.270 e. The van der Waals surface area contributed by atoms with Crippen LogP contribution in [0.5, 0.6) is 5.75 Å². The third-order valence-corrected chi connectivity index (χ3v) is 2.36. The van der Waals surface area contributed by atoms with Crippen LogP contribution in [0.15, 0.2) is 24.4 Å². The SMILES string of the molecule is COc1ccc([N+](=O)[O-])cc1Cn1cc(N)nn1. The predicted molar refractivity (Wildman–Crippen MR) is 63.2 cm³/mol. The summed E-state index contributed by atoms with van der Waals surface area (Å²) in [5, 5.41) is 18.1. The number of nitrogens with zero attached hydrogens (tertiary/aromatic N) is 4. The summed E-state index contributed by atoms with van der Waals surface area (Å²) in [4.78, 5) is 10.3. The van der Waals surface area contributed by atoms with E-state index in [1.54, 1.807) is 6.07 Å². The molecule has 2 aromatic rings. The fourth-order valence-corrected chi connectivity index (χ4v) is 1.57. The standard InChI is InChI=1S/C10H11N5O3/c1-18-9-3-2-8(15(16)17)4-7(9)5-14-6-10(11)12-13-14/h2-4,6H,5,11H2,1H3. The number of hydrogen-bond donors (Lipinski definition) is 1. The number of non-ortho nitro benzene ring substituents is 1. The number of nitrogen functional groups attached to an aromatic ring is 1. The van der Waals surface area contributed by atoms with E-state index in [0.29, 0.717) is 23.7 Å². The first-order chi connectivity index (χ1) is 8.60. The van der Waals surface area contributed by atoms with Crippen molar-refractivity contribution < 1.29 is 9.66 Å². The minimum absolute atomic E-state index is 0.00103. The molecule has 0 amide bonds. The molecule has 2 N–H and O–H groups in total. The molecule has 94 valence electrons. The van der Waals surface area contributed by atoms with Gasteiger partial charge in [0.2, 0.25) is 0 Å². The van der Waals surface area contributed by atoms with Gasteiger partial charge in [0.1, 0.15) is 5.75 Å². The quantitative estimate of drug-likeness (QED) is 0.634. The van der Waals surface area contributed by atoms with Crippen LogP contribution in [0.3, 0.4) is 0 Å². The summed E-state index contributed by atoms with van der Waals surface area (Å²) in [5.74, 6) is 0.842. The van der Waals surface area contributed by atoms with Gasteiger partial charge in [-0.1, -0.05) is 5.21 Å². The number of benzene rings is 1. The summed E-state index contributed by atoms with van der Waals surface area (Å²) < 4.78 is 6.63. The molecule has 18 heavy (non-hydrogen) atoms. The van der Waals surface area contributed by atoms with Gasteiger partial charge in [-0.2, -0.15) is 0 Å². The van der Waals surface area contributed by atoms with Gasteiger partial charge in [0.05, 0.1) is 24.8 Å². The van der Waals surface area contributed by atoms with E-state index in [0.717, 1.165) is 0 Å². The van der Waals surface area contributed by atoms with Crippen molar-refractivity contribution in [2.45, 2.75) is 6.54 Å². The number of ether oxygens (including phenoxy) is 1. The Morgan fingerprint density at radius 3 is 2.89 bits per heavy atom. The normalized spacial score (nSPS) is 10.3. The molecule has 0 bridgehead atoms. The topological polar surface area (TPSA) is 109 Å². The Bertz CT molecular complexity index is 581. The molecule has 8 heteroatoms. The Kier molecular flexibility index (Phi) is 3.09. The van der Waals surface area contributed by atoms with Gasteiger partial charge in [0.15, 0.2) is 5.82 Å². The second kappa shape index (κ2) is 4.70. The van der Waals surface area contributed by atoms with Crippen molar-refractivity contribution in [2.75, 3.05) is 12.8 Å². The van der Waals surface area contributed by atoms with Crippen LogP contribution in [0.4, 0.5) is 11.5 Å². The highest BCUT2D eigenvalue weighted by Crippen LogP contribution is 2.24. The van der Waals surface area contributed by atoms with Crippen molar-refractivity contribution in [3.8, 4) is 5.75 Å². The first kappa shape index (κ1) is 11.8. The molecule has 1 aromatic carbocycles. The van der Waals surface area contributed by atoms with E-state index < -0.39 is 4.92 Å². The average Bonchev–Trinajstić information content (AvgIpc) is 2.74. The van der Waals surface area contributed by atoms with Crippen LogP contribution in [0, 0.1) is 10.1 Å². The Labute approximate surface area is 102 Å². The number of hydrogen-bond acceptors (Lipinski definition) is 6. The summed E-state index contributed by atoms with van der Waals surface area (Å²) in [7, 11) is 1.50. The Morgan fingerprint density at radius 2 is 2.33 bits per heavy atom. The van der Waals surface area contributed by atoms with Crippen molar-refractivity contribution in [2.24, 2.45) is 0 Å². The molecule has 8 nitrogen and oxygen atoms in total. The van der Waals surface area contributed by atoms with Crippen LogP contribution in [0.1, 0.15) is 5.56 Å². The maximum atomic E-state index is 10.7. The van der Waals surface area contributed by atoms with E-state index in [1.165, 1.54) is 30.1 Å². The minimum atomic E-state index is -0.460. The number of anilines is 1. The predicted octanol–water partition coefficient (Wildman–Crippen LogP) is 0.825. The zero-order chi connectivity index (χ0) is 13.1. The van der Waals surface area contributed by atoms with Crippen LogP contribution in [-0.2, 0) is 6.54 Å². The molecule has 1 aromatic heterocycles. The van der Waals surface area contributed by atoms with Crippen LogP contribution >= 0.6 is 0 Å². The molecule has 0 aliphatic rings. The van der Waals surface area contributed by atoms with E-state index in [1.807, 2.05) is 0 Å². The summed E-state index contributed by atoms with van der Waals surface area (Å²) >= 11 is 0. The zero-order valence-corrected chi connectivity index (χ0v) is 9.61. The second-order valence-electron chi connectivity index (χ2n) is 3.59. The lowest BCUT2D eigenvalue weighted by Crippen LogP contribution is -2.03. The fraction of sp³-hybridized carbons (Fsp3) is 0.200. The fourth-order valence-electron chi connectivity index (χ4n) is 1.57. The van der Waals surface area contributed by atoms with Crippen LogP contribution in [0.25, 0.3) is 0 Å². The highest BCUT2D eigenvalue weighted by molar-refractivity contribution is 5.44. The van der Waals surface area contributed by atoms with Crippen LogP contribution in [-0.4, -0.2) is 27.0 Å². The largest absolute Gasteiger partial charge is 0.496 e. The van der Waals surface area contributed by atoms with E-state index in [2.05, 4.69) is 10.3 Å². The lowest BCUT2D eigenvalue weighted by molar-refractivity contribution is -0.384. The first-order valence-corrected chi connectivity index (χ1v) is 5.07. The molecular weight excluding hydrogens is 238 g/mol. The van der Waals surface area contributed by atoms with Crippen LogP contribution in [0.2, 0.25) is 0 Å². The lowest BCUT2D eigenvalue weighted by atomic mass is 10.2. The molecule has 0 fully saturated rings. The molecule has 0 atom stereocenters. The summed E-state index contributed by atoms with van der Waals surface area (Å²) in [5.41, 5.74) is 6.08. The van der Waals surface area contributed by atoms with Crippen LogP contribution < -0.4 is 10.5 Å². The molecule has 0 aliphatic heterocycles. The average molecular weight is 249 g/mol. The van der Waals surface area contributed by atoms with Gasteiger partial charge >= 0.3 is 0 Å². The van der Waals surface area contributed by atoms with Crippen molar-refractivity contribution in [1.82, 2.24) is 15.0 Å². The third kappa shape index (κ3) is 2.37. The number of nitro benzene ring substituents is 1. The number of nitro groups is 1. The number of methoxy groups -OCH3 is 1. The smallest absolute Gasteiger partial charge is 0.270 e.